The third-order valence-corrected chi connectivity index (χ3v) is 3.39. The molecule has 3 unspecified atom stereocenters. The number of hydrogen-bond acceptors (Lipinski definition) is 0. The van der Waals surface area contributed by atoms with Crippen LogP contribution in [0, 0.1) is 17.8 Å². The largest absolute Gasteiger partial charge is 0.0651 e. The summed E-state index contributed by atoms with van der Waals surface area (Å²) < 4.78 is 0. The average molecular weight is 154 g/mol. The van der Waals surface area contributed by atoms with Crippen LogP contribution in [0.3, 0.4) is 0 Å². The van der Waals surface area contributed by atoms with Gasteiger partial charge in [0.15, 0.2) is 0 Å². The Labute approximate surface area is 71.4 Å². The van der Waals surface area contributed by atoms with Gasteiger partial charge in [0.25, 0.3) is 0 Å². The Morgan fingerprint density at radius 3 is 2.55 bits per heavy atom. The normalized spacial score (nSPS) is 40.1. The lowest BCUT2D eigenvalue weighted by Gasteiger charge is -2.20. The molecule has 0 aromatic carbocycles. The van der Waals surface area contributed by atoms with Gasteiger partial charge in [0.1, 0.15) is 0 Å². The molecular weight excluding hydrogens is 132 g/mol. The van der Waals surface area contributed by atoms with E-state index in [1.54, 1.807) is 0 Å². The minimum atomic E-state index is 0.991. The zero-order valence-electron chi connectivity index (χ0n) is 8.27. The first-order valence-corrected chi connectivity index (χ1v) is 5.24. The topological polar surface area (TPSA) is 0 Å². The molecule has 0 aromatic rings. The summed E-state index contributed by atoms with van der Waals surface area (Å²) in [5, 5.41) is 0. The van der Waals surface area contributed by atoms with Crippen LogP contribution in [0.15, 0.2) is 0 Å². The highest BCUT2D eigenvalue weighted by Crippen LogP contribution is 2.33. The van der Waals surface area contributed by atoms with Crippen molar-refractivity contribution in [1.82, 2.24) is 0 Å². The molecule has 11 heavy (non-hydrogen) atoms. The van der Waals surface area contributed by atoms with Gasteiger partial charge in [-0.1, -0.05) is 46.5 Å². The van der Waals surface area contributed by atoms with Gasteiger partial charge in [0, 0.05) is 0 Å². The number of rotatable bonds is 1. The van der Waals surface area contributed by atoms with Gasteiger partial charge >= 0.3 is 0 Å². The Morgan fingerprint density at radius 2 is 1.91 bits per heavy atom. The Morgan fingerprint density at radius 1 is 1.18 bits per heavy atom. The molecule has 3 atom stereocenters. The van der Waals surface area contributed by atoms with Gasteiger partial charge < -0.3 is 0 Å². The first-order chi connectivity index (χ1) is 5.24. The highest BCUT2D eigenvalue weighted by molar-refractivity contribution is 4.72. The second-order valence-electron chi connectivity index (χ2n) is 4.42. The summed E-state index contributed by atoms with van der Waals surface area (Å²) in [6.07, 6.45) is 7.30. The van der Waals surface area contributed by atoms with Crippen molar-refractivity contribution in [1.29, 1.82) is 0 Å². The van der Waals surface area contributed by atoms with E-state index in [1.807, 2.05) is 0 Å². The third kappa shape index (κ3) is 2.50. The van der Waals surface area contributed by atoms with Crippen LogP contribution in [0.4, 0.5) is 0 Å². The smallest absolute Gasteiger partial charge is 0.0389 e. The Kier molecular flexibility index (Phi) is 3.42. The molecule has 1 aliphatic carbocycles. The van der Waals surface area contributed by atoms with Crippen molar-refractivity contribution in [2.75, 3.05) is 0 Å². The standard InChI is InChI=1S/C11H22/c1-4-11-8-9(2)6-5-7-10(11)3/h9-11H,4-8H2,1-3H3. The summed E-state index contributed by atoms with van der Waals surface area (Å²) >= 11 is 0. The molecule has 0 spiro atoms. The van der Waals surface area contributed by atoms with E-state index >= 15 is 0 Å². The van der Waals surface area contributed by atoms with Crippen LogP contribution in [-0.2, 0) is 0 Å². The highest BCUT2D eigenvalue weighted by Gasteiger charge is 2.21. The summed E-state index contributed by atoms with van der Waals surface area (Å²) in [4.78, 5) is 0. The van der Waals surface area contributed by atoms with Gasteiger partial charge in [-0.2, -0.15) is 0 Å². The predicted molar refractivity (Wildman–Crippen MR) is 50.6 cm³/mol. The molecule has 66 valence electrons. The highest BCUT2D eigenvalue weighted by atomic mass is 14.3. The molecule has 1 aliphatic rings. The lowest BCUT2D eigenvalue weighted by atomic mass is 9.85. The van der Waals surface area contributed by atoms with Crippen LogP contribution in [0.1, 0.15) is 52.9 Å². The van der Waals surface area contributed by atoms with Crippen molar-refractivity contribution in [3.05, 3.63) is 0 Å². The average Bonchev–Trinajstić information content (AvgIpc) is 2.13. The van der Waals surface area contributed by atoms with Gasteiger partial charge in [0.05, 0.1) is 0 Å². The minimum Gasteiger partial charge on any atom is -0.0651 e. The molecule has 0 N–H and O–H groups in total. The van der Waals surface area contributed by atoms with Gasteiger partial charge in [-0.25, -0.2) is 0 Å². The van der Waals surface area contributed by atoms with Crippen LogP contribution in [-0.4, -0.2) is 0 Å². The SMILES string of the molecule is CCC1CC(C)CCCC1C. The fourth-order valence-corrected chi connectivity index (χ4v) is 2.46. The molecule has 0 nitrogen and oxygen atoms in total. The summed E-state index contributed by atoms with van der Waals surface area (Å²) in [5.74, 6) is 3.00. The van der Waals surface area contributed by atoms with Crippen molar-refractivity contribution < 1.29 is 0 Å². The van der Waals surface area contributed by atoms with E-state index < -0.39 is 0 Å². The first-order valence-electron chi connectivity index (χ1n) is 5.24. The predicted octanol–water partition coefficient (Wildman–Crippen LogP) is 3.86. The maximum Gasteiger partial charge on any atom is -0.0389 e. The fraction of sp³-hybridized carbons (Fsp3) is 1.00. The molecule has 1 fully saturated rings. The lowest BCUT2D eigenvalue weighted by Crippen LogP contribution is -2.10. The Hall–Kier alpha value is 0. The Bertz CT molecular complexity index is 107. The lowest BCUT2D eigenvalue weighted by molar-refractivity contribution is 0.305. The van der Waals surface area contributed by atoms with Crippen LogP contribution in [0.5, 0.6) is 0 Å². The van der Waals surface area contributed by atoms with Crippen LogP contribution < -0.4 is 0 Å². The van der Waals surface area contributed by atoms with Crippen molar-refractivity contribution in [2.45, 2.75) is 52.9 Å². The molecule has 0 aliphatic heterocycles. The molecule has 0 amide bonds. The molecule has 1 saturated carbocycles. The minimum absolute atomic E-state index is 0.991. The summed E-state index contributed by atoms with van der Waals surface area (Å²) in [6, 6.07) is 0. The third-order valence-electron chi connectivity index (χ3n) is 3.39. The molecule has 0 saturated heterocycles. The van der Waals surface area contributed by atoms with Crippen molar-refractivity contribution >= 4 is 0 Å². The molecule has 1 rings (SSSR count). The summed E-state index contributed by atoms with van der Waals surface area (Å²) in [7, 11) is 0. The van der Waals surface area contributed by atoms with Crippen LogP contribution in [0.2, 0.25) is 0 Å². The van der Waals surface area contributed by atoms with Crippen molar-refractivity contribution in [3.63, 3.8) is 0 Å². The van der Waals surface area contributed by atoms with Crippen molar-refractivity contribution in [2.24, 2.45) is 17.8 Å². The van der Waals surface area contributed by atoms with E-state index in [2.05, 4.69) is 20.8 Å². The molecule has 0 heterocycles. The van der Waals surface area contributed by atoms with E-state index in [9.17, 15) is 0 Å². The quantitative estimate of drug-likeness (QED) is 0.503. The van der Waals surface area contributed by atoms with Crippen LogP contribution >= 0.6 is 0 Å². The maximum absolute atomic E-state index is 2.44. The zero-order valence-corrected chi connectivity index (χ0v) is 8.27. The van der Waals surface area contributed by atoms with Crippen LogP contribution in [0.25, 0.3) is 0 Å². The summed E-state index contributed by atoms with van der Waals surface area (Å²) in [6.45, 7) is 7.20. The van der Waals surface area contributed by atoms with E-state index in [-0.39, 0.29) is 0 Å². The molecule has 0 aromatic heterocycles. The second kappa shape index (κ2) is 4.13. The van der Waals surface area contributed by atoms with Gasteiger partial charge in [-0.15, -0.1) is 0 Å². The zero-order chi connectivity index (χ0) is 8.27. The molecule has 0 heteroatoms. The van der Waals surface area contributed by atoms with Gasteiger partial charge in [0.2, 0.25) is 0 Å². The first kappa shape index (κ1) is 9.09. The monoisotopic (exact) mass is 154 g/mol. The fourth-order valence-electron chi connectivity index (χ4n) is 2.46. The second-order valence-corrected chi connectivity index (χ2v) is 4.42. The van der Waals surface area contributed by atoms with E-state index in [0.717, 1.165) is 17.8 Å². The Balaban J connectivity index is 2.45. The maximum atomic E-state index is 2.44. The van der Waals surface area contributed by atoms with Gasteiger partial charge in [-0.05, 0) is 24.2 Å². The van der Waals surface area contributed by atoms with Crippen molar-refractivity contribution in [3.8, 4) is 0 Å². The molecular formula is C11H22. The van der Waals surface area contributed by atoms with E-state index in [1.165, 1.54) is 32.1 Å². The van der Waals surface area contributed by atoms with E-state index in [4.69, 9.17) is 0 Å². The number of hydrogen-bond donors (Lipinski definition) is 0. The molecule has 0 radical (unpaired) electrons. The summed E-state index contributed by atoms with van der Waals surface area (Å²) in [5.41, 5.74) is 0. The van der Waals surface area contributed by atoms with Gasteiger partial charge in [-0.3, -0.25) is 0 Å². The van der Waals surface area contributed by atoms with E-state index in [0.29, 0.717) is 0 Å². The molecule has 0 bridgehead atoms.